The molecule has 6 nitrogen and oxygen atoms in total. The summed E-state index contributed by atoms with van der Waals surface area (Å²) in [7, 11) is 0. The smallest absolute Gasteiger partial charge is 0.282 e. The Labute approximate surface area is 102 Å². The second kappa shape index (κ2) is 6.20. The van der Waals surface area contributed by atoms with Crippen molar-refractivity contribution in [3.63, 3.8) is 0 Å². The van der Waals surface area contributed by atoms with E-state index in [1.165, 1.54) is 18.2 Å². The number of aliphatic hydroxyl groups is 2. The van der Waals surface area contributed by atoms with Crippen LogP contribution in [0.1, 0.15) is 5.56 Å². The summed E-state index contributed by atoms with van der Waals surface area (Å²) in [6.45, 7) is -0.404. The lowest BCUT2D eigenvalue weighted by atomic mass is 10.2. The van der Waals surface area contributed by atoms with Crippen molar-refractivity contribution in [2.75, 3.05) is 12.4 Å². The van der Waals surface area contributed by atoms with Gasteiger partial charge in [-0.3, -0.25) is 10.1 Å². The number of hydrogen-bond acceptors (Lipinski definition) is 6. The fourth-order valence-corrected chi connectivity index (χ4v) is 2.07. The first-order chi connectivity index (χ1) is 8.08. The predicted octanol–water partition coefficient (Wildman–Crippen LogP) is 0.912. The molecule has 0 aromatic heterocycles. The Balaban J connectivity index is 2.94. The van der Waals surface area contributed by atoms with Crippen molar-refractivity contribution in [3.05, 3.63) is 33.9 Å². The summed E-state index contributed by atoms with van der Waals surface area (Å²) in [4.78, 5) is 10.5. The van der Waals surface area contributed by atoms with Gasteiger partial charge in [0.1, 0.15) is 0 Å². The lowest BCUT2D eigenvalue weighted by Crippen LogP contribution is -2.14. The van der Waals surface area contributed by atoms with Gasteiger partial charge < -0.3 is 10.2 Å². The number of nitrogens with zero attached hydrogens (tertiary/aromatic N) is 2. The van der Waals surface area contributed by atoms with Crippen LogP contribution in [0, 0.1) is 21.4 Å². The average molecular weight is 254 g/mol. The molecule has 2 N–H and O–H groups in total. The number of thioether (sulfide) groups is 1. The molecule has 0 saturated heterocycles. The minimum absolute atomic E-state index is 0.112. The van der Waals surface area contributed by atoms with Gasteiger partial charge in [0.15, 0.2) is 0 Å². The number of nitro groups is 1. The van der Waals surface area contributed by atoms with Crippen molar-refractivity contribution in [1.29, 1.82) is 5.26 Å². The van der Waals surface area contributed by atoms with Gasteiger partial charge >= 0.3 is 0 Å². The van der Waals surface area contributed by atoms with Crippen molar-refractivity contribution in [1.82, 2.24) is 0 Å². The zero-order valence-corrected chi connectivity index (χ0v) is 9.55. The molecule has 0 spiro atoms. The maximum Gasteiger partial charge on any atom is 0.282 e. The van der Waals surface area contributed by atoms with Crippen LogP contribution in [0.4, 0.5) is 5.69 Å². The standard InChI is InChI=1S/C10H10N2O4S/c11-4-7-1-2-9(12(15)16)10(3-7)17-6-8(14)5-13/h1-3,8,13-14H,5-6H2. The summed E-state index contributed by atoms with van der Waals surface area (Å²) < 4.78 is 0. The Morgan fingerprint density at radius 1 is 1.59 bits per heavy atom. The largest absolute Gasteiger partial charge is 0.394 e. The van der Waals surface area contributed by atoms with E-state index < -0.39 is 17.6 Å². The van der Waals surface area contributed by atoms with E-state index in [0.717, 1.165) is 11.8 Å². The molecule has 90 valence electrons. The van der Waals surface area contributed by atoms with E-state index in [4.69, 9.17) is 15.5 Å². The molecule has 1 aromatic carbocycles. The lowest BCUT2D eigenvalue weighted by Gasteiger charge is -2.07. The minimum Gasteiger partial charge on any atom is -0.394 e. The molecule has 0 fully saturated rings. The molecule has 0 saturated carbocycles. The topological polar surface area (TPSA) is 107 Å². The van der Waals surface area contributed by atoms with Gasteiger partial charge in [0, 0.05) is 11.8 Å². The maximum absolute atomic E-state index is 10.7. The third kappa shape index (κ3) is 3.71. The molecule has 1 unspecified atom stereocenters. The third-order valence-corrected chi connectivity index (χ3v) is 3.12. The first-order valence-electron chi connectivity index (χ1n) is 4.68. The van der Waals surface area contributed by atoms with Crippen LogP contribution in [0.3, 0.4) is 0 Å². The van der Waals surface area contributed by atoms with Gasteiger partial charge in [-0.2, -0.15) is 5.26 Å². The van der Waals surface area contributed by atoms with Crippen LogP contribution in [-0.4, -0.2) is 33.6 Å². The number of nitro benzene ring substituents is 1. The van der Waals surface area contributed by atoms with Crippen LogP contribution < -0.4 is 0 Å². The summed E-state index contributed by atoms with van der Waals surface area (Å²) >= 11 is 1.03. The van der Waals surface area contributed by atoms with Gasteiger partial charge in [-0.1, -0.05) is 0 Å². The van der Waals surface area contributed by atoms with Gasteiger partial charge in [0.2, 0.25) is 0 Å². The number of hydrogen-bond donors (Lipinski definition) is 2. The van der Waals surface area contributed by atoms with Crippen molar-refractivity contribution < 1.29 is 15.1 Å². The van der Waals surface area contributed by atoms with Gasteiger partial charge in [-0.15, -0.1) is 11.8 Å². The van der Waals surface area contributed by atoms with Gasteiger partial charge in [0.25, 0.3) is 5.69 Å². The molecule has 1 aromatic rings. The van der Waals surface area contributed by atoms with E-state index >= 15 is 0 Å². The Hall–Kier alpha value is -1.62. The van der Waals surface area contributed by atoms with E-state index in [1.807, 2.05) is 6.07 Å². The molecule has 0 heterocycles. The second-order valence-electron chi connectivity index (χ2n) is 3.20. The maximum atomic E-state index is 10.7. The summed E-state index contributed by atoms with van der Waals surface area (Å²) in [5, 5.41) is 37.2. The van der Waals surface area contributed by atoms with Gasteiger partial charge in [-0.05, 0) is 12.1 Å². The minimum atomic E-state index is -0.939. The molecule has 0 amide bonds. The highest BCUT2D eigenvalue weighted by atomic mass is 32.2. The Morgan fingerprint density at radius 3 is 2.82 bits per heavy atom. The normalized spacial score (nSPS) is 11.8. The molecule has 0 aliphatic carbocycles. The summed E-state index contributed by atoms with van der Waals surface area (Å²) in [6.07, 6.45) is -0.939. The highest BCUT2D eigenvalue weighted by molar-refractivity contribution is 7.99. The quantitative estimate of drug-likeness (QED) is 0.459. The zero-order chi connectivity index (χ0) is 12.8. The van der Waals surface area contributed by atoms with Crippen molar-refractivity contribution in [2.45, 2.75) is 11.0 Å². The van der Waals surface area contributed by atoms with Crippen LogP contribution in [0.5, 0.6) is 0 Å². The Kier molecular flexibility index (Phi) is 4.90. The van der Waals surface area contributed by atoms with E-state index in [-0.39, 0.29) is 11.4 Å². The lowest BCUT2D eigenvalue weighted by molar-refractivity contribution is -0.387. The molecule has 0 radical (unpaired) electrons. The van der Waals surface area contributed by atoms with E-state index in [1.54, 1.807) is 0 Å². The first-order valence-corrected chi connectivity index (χ1v) is 5.67. The number of nitriles is 1. The number of rotatable bonds is 5. The van der Waals surface area contributed by atoms with Gasteiger partial charge in [-0.25, -0.2) is 0 Å². The molecule has 0 aliphatic rings. The van der Waals surface area contributed by atoms with Gasteiger partial charge in [0.05, 0.1) is 34.2 Å². The number of aliphatic hydroxyl groups excluding tert-OH is 2. The Bertz CT molecular complexity index is 458. The zero-order valence-electron chi connectivity index (χ0n) is 8.74. The molecule has 0 aliphatic heterocycles. The average Bonchev–Trinajstić information content (AvgIpc) is 2.35. The van der Waals surface area contributed by atoms with E-state index in [2.05, 4.69) is 0 Å². The predicted molar refractivity (Wildman–Crippen MR) is 61.6 cm³/mol. The fourth-order valence-electron chi connectivity index (χ4n) is 1.09. The van der Waals surface area contributed by atoms with Crippen molar-refractivity contribution >= 4 is 17.4 Å². The monoisotopic (exact) mass is 254 g/mol. The van der Waals surface area contributed by atoms with Crippen molar-refractivity contribution in [3.8, 4) is 6.07 Å². The SMILES string of the molecule is N#Cc1ccc([N+](=O)[O-])c(SCC(O)CO)c1. The molecule has 0 bridgehead atoms. The summed E-state index contributed by atoms with van der Waals surface area (Å²) in [5.41, 5.74) is 0.204. The highest BCUT2D eigenvalue weighted by Gasteiger charge is 2.16. The molecule has 17 heavy (non-hydrogen) atoms. The molecular formula is C10H10N2O4S. The summed E-state index contributed by atoms with van der Waals surface area (Å²) in [5.74, 6) is 0.131. The fraction of sp³-hybridized carbons (Fsp3) is 0.300. The van der Waals surface area contributed by atoms with E-state index in [9.17, 15) is 10.1 Å². The van der Waals surface area contributed by atoms with Crippen LogP contribution >= 0.6 is 11.8 Å². The van der Waals surface area contributed by atoms with Crippen LogP contribution in [0.15, 0.2) is 23.1 Å². The molecule has 1 atom stereocenters. The molecule has 7 heteroatoms. The number of benzene rings is 1. The van der Waals surface area contributed by atoms with Crippen molar-refractivity contribution in [2.24, 2.45) is 0 Å². The first kappa shape index (κ1) is 13.4. The Morgan fingerprint density at radius 2 is 2.29 bits per heavy atom. The van der Waals surface area contributed by atoms with Crippen LogP contribution in [-0.2, 0) is 0 Å². The van der Waals surface area contributed by atoms with E-state index in [0.29, 0.717) is 10.5 Å². The van der Waals surface area contributed by atoms with Crippen LogP contribution in [0.25, 0.3) is 0 Å². The molecule has 1 rings (SSSR count). The molecular weight excluding hydrogens is 244 g/mol. The summed E-state index contributed by atoms with van der Waals surface area (Å²) in [6, 6.07) is 5.90. The second-order valence-corrected chi connectivity index (χ2v) is 4.26. The van der Waals surface area contributed by atoms with Crippen LogP contribution in [0.2, 0.25) is 0 Å². The highest BCUT2D eigenvalue weighted by Crippen LogP contribution is 2.30. The third-order valence-electron chi connectivity index (χ3n) is 1.93.